The number of aliphatic hydroxyl groups is 1. The molecule has 3 heteroatoms. The third kappa shape index (κ3) is 3.44. The highest BCUT2D eigenvalue weighted by molar-refractivity contribution is 5.02. The molecular weight excluding hydrogens is 178 g/mol. The predicted octanol–water partition coefficient (Wildman–Crippen LogP) is 1.76. The highest BCUT2D eigenvalue weighted by Crippen LogP contribution is 2.13. The van der Waals surface area contributed by atoms with Gasteiger partial charge in [-0.1, -0.05) is 6.07 Å². The summed E-state index contributed by atoms with van der Waals surface area (Å²) in [6, 6.07) is 5.68. The van der Waals surface area contributed by atoms with E-state index in [1.165, 1.54) is 0 Å². The number of pyridine rings is 1. The topological polar surface area (TPSA) is 42.4 Å². The van der Waals surface area contributed by atoms with E-state index in [1.54, 1.807) is 20.0 Å². The summed E-state index contributed by atoms with van der Waals surface area (Å²) in [6.45, 7) is 5.75. The molecule has 0 bridgehead atoms. The molecule has 3 nitrogen and oxygen atoms in total. The van der Waals surface area contributed by atoms with E-state index in [0.717, 1.165) is 5.69 Å². The Morgan fingerprint density at radius 1 is 1.50 bits per heavy atom. The van der Waals surface area contributed by atoms with Gasteiger partial charge in [0.2, 0.25) is 0 Å². The van der Waals surface area contributed by atoms with Gasteiger partial charge in [0.15, 0.2) is 0 Å². The normalized spacial score (nSPS) is 14.0. The summed E-state index contributed by atoms with van der Waals surface area (Å²) in [6.07, 6.45) is 1.53. The molecule has 1 N–H and O–H groups in total. The van der Waals surface area contributed by atoms with E-state index in [1.807, 2.05) is 25.1 Å². The van der Waals surface area contributed by atoms with Gasteiger partial charge < -0.3 is 9.84 Å². The number of aromatic nitrogens is 1. The maximum Gasteiger partial charge on any atom is 0.0892 e. The molecule has 0 aliphatic heterocycles. The first-order valence-electron chi connectivity index (χ1n) is 4.74. The second kappa shape index (κ2) is 4.53. The van der Waals surface area contributed by atoms with Crippen LogP contribution in [0.2, 0.25) is 0 Å². The van der Waals surface area contributed by atoms with Crippen LogP contribution in [0.3, 0.4) is 0 Å². The fraction of sp³-hybridized carbons (Fsp3) is 0.545. The van der Waals surface area contributed by atoms with Gasteiger partial charge in [-0.3, -0.25) is 4.98 Å². The zero-order valence-corrected chi connectivity index (χ0v) is 8.90. The first kappa shape index (κ1) is 11.1. The summed E-state index contributed by atoms with van der Waals surface area (Å²) in [5.41, 5.74) is 0.0676. The Morgan fingerprint density at radius 3 is 2.71 bits per heavy atom. The lowest BCUT2D eigenvalue weighted by Gasteiger charge is -2.25. The molecule has 0 aromatic carbocycles. The third-order valence-corrected chi connectivity index (χ3v) is 2.20. The quantitative estimate of drug-likeness (QED) is 0.796. The molecule has 0 radical (unpaired) electrons. The van der Waals surface area contributed by atoms with Crippen LogP contribution in [0, 0.1) is 0 Å². The summed E-state index contributed by atoms with van der Waals surface area (Å²) in [5.74, 6) is 0. The Hall–Kier alpha value is -0.930. The van der Waals surface area contributed by atoms with Gasteiger partial charge in [-0.2, -0.15) is 0 Å². The fourth-order valence-corrected chi connectivity index (χ4v) is 0.898. The molecule has 0 fully saturated rings. The second-order valence-electron chi connectivity index (χ2n) is 3.93. The van der Waals surface area contributed by atoms with Crippen molar-refractivity contribution in [2.45, 2.75) is 39.1 Å². The van der Waals surface area contributed by atoms with Crippen LogP contribution in [-0.4, -0.2) is 21.8 Å². The summed E-state index contributed by atoms with van der Waals surface area (Å²) in [7, 11) is 0. The standard InChI is InChI=1S/C11H17NO2/c1-9(11(2,3)13)14-8-10-6-4-5-7-12-10/h4-7,9,13H,8H2,1-3H3/t9-/m0/s1. The number of hydrogen-bond donors (Lipinski definition) is 1. The van der Waals surface area contributed by atoms with Gasteiger partial charge in [0.25, 0.3) is 0 Å². The minimum Gasteiger partial charge on any atom is -0.388 e. The lowest BCUT2D eigenvalue weighted by atomic mass is 10.0. The van der Waals surface area contributed by atoms with Crippen molar-refractivity contribution in [2.75, 3.05) is 0 Å². The Morgan fingerprint density at radius 2 is 2.21 bits per heavy atom. The maximum absolute atomic E-state index is 9.62. The molecule has 0 aliphatic carbocycles. The average molecular weight is 195 g/mol. The molecule has 0 unspecified atom stereocenters. The van der Waals surface area contributed by atoms with Crippen molar-refractivity contribution in [1.82, 2.24) is 4.98 Å². The van der Waals surface area contributed by atoms with E-state index >= 15 is 0 Å². The van der Waals surface area contributed by atoms with Crippen LogP contribution in [0.1, 0.15) is 26.5 Å². The predicted molar refractivity (Wildman–Crippen MR) is 54.8 cm³/mol. The van der Waals surface area contributed by atoms with Gasteiger partial charge in [-0.05, 0) is 32.9 Å². The molecule has 14 heavy (non-hydrogen) atoms. The van der Waals surface area contributed by atoms with Gasteiger partial charge in [0, 0.05) is 6.20 Å². The number of nitrogens with zero attached hydrogens (tertiary/aromatic N) is 1. The molecule has 1 heterocycles. The zero-order valence-electron chi connectivity index (χ0n) is 8.90. The van der Waals surface area contributed by atoms with E-state index in [0.29, 0.717) is 6.61 Å². The average Bonchev–Trinajstić information content (AvgIpc) is 2.14. The monoisotopic (exact) mass is 195 g/mol. The molecule has 1 aromatic rings. The summed E-state index contributed by atoms with van der Waals surface area (Å²) in [4.78, 5) is 4.13. The van der Waals surface area contributed by atoms with Crippen molar-refractivity contribution in [2.24, 2.45) is 0 Å². The Labute approximate surface area is 84.7 Å². The van der Waals surface area contributed by atoms with E-state index in [4.69, 9.17) is 4.74 Å². The van der Waals surface area contributed by atoms with Crippen molar-refractivity contribution >= 4 is 0 Å². The Kier molecular flexibility index (Phi) is 3.61. The van der Waals surface area contributed by atoms with Gasteiger partial charge in [0.05, 0.1) is 24.0 Å². The maximum atomic E-state index is 9.62. The van der Waals surface area contributed by atoms with Gasteiger partial charge in [0.1, 0.15) is 0 Å². The molecule has 0 amide bonds. The first-order chi connectivity index (χ1) is 6.50. The number of ether oxygens (including phenoxy) is 1. The molecule has 0 spiro atoms. The van der Waals surface area contributed by atoms with Crippen LogP contribution in [0.4, 0.5) is 0 Å². The highest BCUT2D eigenvalue weighted by atomic mass is 16.5. The van der Waals surface area contributed by atoms with Crippen LogP contribution in [0.15, 0.2) is 24.4 Å². The molecule has 78 valence electrons. The molecule has 1 aromatic heterocycles. The van der Waals surface area contributed by atoms with Gasteiger partial charge in [-0.25, -0.2) is 0 Å². The lowest BCUT2D eigenvalue weighted by Crippen LogP contribution is -2.35. The summed E-state index contributed by atoms with van der Waals surface area (Å²) < 4.78 is 5.48. The van der Waals surface area contributed by atoms with Crippen LogP contribution in [0.5, 0.6) is 0 Å². The summed E-state index contributed by atoms with van der Waals surface area (Å²) in [5, 5.41) is 9.62. The molecule has 0 saturated carbocycles. The molecule has 0 saturated heterocycles. The van der Waals surface area contributed by atoms with Crippen LogP contribution in [-0.2, 0) is 11.3 Å². The first-order valence-corrected chi connectivity index (χ1v) is 4.74. The fourth-order valence-electron chi connectivity index (χ4n) is 0.898. The Bertz CT molecular complexity index is 266. The van der Waals surface area contributed by atoms with Crippen molar-refractivity contribution in [3.8, 4) is 0 Å². The van der Waals surface area contributed by atoms with Crippen molar-refractivity contribution in [1.29, 1.82) is 0 Å². The van der Waals surface area contributed by atoms with Crippen molar-refractivity contribution in [3.05, 3.63) is 30.1 Å². The largest absolute Gasteiger partial charge is 0.388 e. The van der Waals surface area contributed by atoms with Crippen molar-refractivity contribution in [3.63, 3.8) is 0 Å². The SMILES string of the molecule is C[C@H](OCc1ccccn1)C(C)(C)O. The molecule has 1 atom stereocenters. The summed E-state index contributed by atoms with van der Waals surface area (Å²) >= 11 is 0. The number of hydrogen-bond acceptors (Lipinski definition) is 3. The van der Waals surface area contributed by atoms with E-state index < -0.39 is 5.60 Å². The molecule has 1 rings (SSSR count). The van der Waals surface area contributed by atoms with E-state index in [9.17, 15) is 5.11 Å². The van der Waals surface area contributed by atoms with Crippen LogP contribution < -0.4 is 0 Å². The highest BCUT2D eigenvalue weighted by Gasteiger charge is 2.22. The van der Waals surface area contributed by atoms with E-state index in [-0.39, 0.29) is 6.10 Å². The van der Waals surface area contributed by atoms with Gasteiger partial charge >= 0.3 is 0 Å². The minimum absolute atomic E-state index is 0.204. The smallest absolute Gasteiger partial charge is 0.0892 e. The zero-order chi connectivity index (χ0) is 10.6. The molecular formula is C11H17NO2. The number of rotatable bonds is 4. The van der Waals surface area contributed by atoms with E-state index in [2.05, 4.69) is 4.98 Å². The van der Waals surface area contributed by atoms with Gasteiger partial charge in [-0.15, -0.1) is 0 Å². The third-order valence-electron chi connectivity index (χ3n) is 2.20. The second-order valence-corrected chi connectivity index (χ2v) is 3.93. The lowest BCUT2D eigenvalue weighted by molar-refractivity contribution is -0.0857. The minimum atomic E-state index is -0.811. The van der Waals surface area contributed by atoms with Crippen LogP contribution in [0.25, 0.3) is 0 Å². The van der Waals surface area contributed by atoms with Crippen molar-refractivity contribution < 1.29 is 9.84 Å². The molecule has 0 aliphatic rings. The van der Waals surface area contributed by atoms with Crippen LogP contribution >= 0.6 is 0 Å². The Balaban J connectivity index is 2.42.